The third kappa shape index (κ3) is 6.50. The topological polar surface area (TPSA) is 33.5 Å². The fourth-order valence-electron chi connectivity index (χ4n) is 8.03. The van der Waals surface area contributed by atoms with E-state index in [0.717, 1.165) is 61.3 Å². The number of nitrogens with zero attached hydrogens (tertiary/aromatic N) is 4. The number of hydrogen-bond acceptors (Lipinski definition) is 4. The molecule has 0 fully saturated rings. The Kier molecular flexibility index (Phi) is 9.76. The summed E-state index contributed by atoms with van der Waals surface area (Å²) in [5.74, 6) is 1.97. The normalized spacial score (nSPS) is 12.6. The summed E-state index contributed by atoms with van der Waals surface area (Å²) in [6.07, 6.45) is 5.94. The minimum Gasteiger partial charge on any atom is -0.509 e. The van der Waals surface area contributed by atoms with Crippen LogP contribution >= 0.6 is 0 Å². The van der Waals surface area contributed by atoms with Gasteiger partial charge in [0.2, 0.25) is 0 Å². The summed E-state index contributed by atoms with van der Waals surface area (Å²) in [5, 5.41) is 2.20. The molecule has 0 bridgehead atoms. The second-order valence-electron chi connectivity index (χ2n) is 13.8. The number of pyridine rings is 1. The molecule has 0 unspecified atom stereocenters. The van der Waals surface area contributed by atoms with E-state index in [4.69, 9.17) is 9.72 Å². The first-order chi connectivity index (χ1) is 27.8. The summed E-state index contributed by atoms with van der Waals surface area (Å²) in [5.41, 5.74) is 7.60. The fourth-order valence-corrected chi connectivity index (χ4v) is 8.03. The largest absolute Gasteiger partial charge is 0.509 e. The Hall–Kier alpha value is -6.68. The Balaban J connectivity index is 0.00000422. The molecular weight excluding hydrogens is 880 g/mol. The standard InChI is InChI=1S/C51H35N4O.Pt/c1-5-17-38(18-6-1)51(39-19-7-2-8-20-39,40-21-9-3-10-22-40)41-33-43(54-32-31-53(37-54)42-23-11-4-12-24-42)35-45(34-41)56-44-28-29-47-46-25-13-14-26-48(46)55(49(47)36-44)50-27-15-16-30-52-50;/h1-34,37H;/q-3;. The Labute approximate surface area is 347 Å². The minimum atomic E-state index is -0.701. The Bertz CT molecular complexity index is 2710. The van der Waals surface area contributed by atoms with E-state index in [9.17, 15) is 0 Å². The maximum absolute atomic E-state index is 6.91. The smallest absolute Gasteiger partial charge is 0.135 e. The first-order valence-corrected chi connectivity index (χ1v) is 18.7. The number of benzene rings is 7. The minimum absolute atomic E-state index is 0. The zero-order chi connectivity index (χ0) is 37.3. The van der Waals surface area contributed by atoms with Gasteiger partial charge in [-0.05, 0) is 64.8 Å². The van der Waals surface area contributed by atoms with Gasteiger partial charge in [0, 0.05) is 55.4 Å². The van der Waals surface area contributed by atoms with Gasteiger partial charge in [-0.2, -0.15) is 6.07 Å². The van der Waals surface area contributed by atoms with Crippen LogP contribution in [0.1, 0.15) is 22.3 Å². The fraction of sp³-hybridized carbons (Fsp3) is 0.0196. The SMILES string of the molecule is [Pt].[c-]1c(Oc2[c-]c3c(cc2)c2ccccc2n3-c2ccccn2)cc(C(c2ccccc2)(c2ccccc2)c2ccccc2)cc1N1C=CN(c2ccccc2)[CH-]1. The van der Waals surface area contributed by atoms with E-state index in [1.807, 2.05) is 48.7 Å². The molecule has 0 amide bonds. The Morgan fingerprint density at radius 1 is 0.509 bits per heavy atom. The van der Waals surface area contributed by atoms with Crippen molar-refractivity contribution in [1.82, 2.24) is 9.55 Å². The summed E-state index contributed by atoms with van der Waals surface area (Å²) >= 11 is 0. The average Bonchev–Trinajstić information content (AvgIpc) is 3.90. The van der Waals surface area contributed by atoms with Crippen molar-refractivity contribution in [3.05, 3.63) is 248 Å². The van der Waals surface area contributed by atoms with Crippen molar-refractivity contribution in [2.75, 3.05) is 9.80 Å². The number of para-hydroxylation sites is 2. The van der Waals surface area contributed by atoms with Crippen molar-refractivity contribution in [3.8, 4) is 17.3 Å². The predicted molar refractivity (Wildman–Crippen MR) is 226 cm³/mol. The van der Waals surface area contributed by atoms with Gasteiger partial charge in [0.1, 0.15) is 5.82 Å². The van der Waals surface area contributed by atoms with E-state index in [2.05, 4.69) is 191 Å². The molecular formula is C51H35N4OPt-3. The van der Waals surface area contributed by atoms with Crippen molar-refractivity contribution >= 4 is 33.2 Å². The second-order valence-corrected chi connectivity index (χ2v) is 13.8. The first kappa shape index (κ1) is 36.0. The van der Waals surface area contributed by atoms with E-state index < -0.39 is 5.41 Å². The molecule has 0 atom stereocenters. The van der Waals surface area contributed by atoms with Crippen LogP contribution in [0, 0.1) is 18.8 Å². The van der Waals surface area contributed by atoms with E-state index >= 15 is 0 Å². The molecule has 1 aliphatic heterocycles. The molecule has 0 radical (unpaired) electrons. The van der Waals surface area contributed by atoms with Gasteiger partial charge in [-0.1, -0.05) is 139 Å². The molecule has 9 aromatic rings. The van der Waals surface area contributed by atoms with Crippen LogP contribution in [0.2, 0.25) is 0 Å². The van der Waals surface area contributed by atoms with E-state index in [0.29, 0.717) is 11.5 Å². The van der Waals surface area contributed by atoms with Crippen LogP contribution in [0.15, 0.2) is 207 Å². The van der Waals surface area contributed by atoms with Crippen molar-refractivity contribution in [3.63, 3.8) is 0 Å². The maximum Gasteiger partial charge on any atom is 0.135 e. The monoisotopic (exact) mass is 914 g/mol. The van der Waals surface area contributed by atoms with E-state index in [1.165, 1.54) is 0 Å². The molecule has 1 aliphatic rings. The van der Waals surface area contributed by atoms with Crippen LogP contribution in [-0.2, 0) is 26.5 Å². The van der Waals surface area contributed by atoms with Gasteiger partial charge in [-0.15, -0.1) is 53.6 Å². The molecule has 5 nitrogen and oxygen atoms in total. The van der Waals surface area contributed by atoms with Gasteiger partial charge in [-0.25, -0.2) is 4.98 Å². The van der Waals surface area contributed by atoms with Crippen LogP contribution in [0.3, 0.4) is 0 Å². The van der Waals surface area contributed by atoms with Gasteiger partial charge < -0.3 is 19.1 Å². The van der Waals surface area contributed by atoms with Crippen LogP contribution < -0.4 is 14.5 Å². The number of hydrogen-bond donors (Lipinski definition) is 0. The molecule has 278 valence electrons. The van der Waals surface area contributed by atoms with Crippen molar-refractivity contribution in [1.29, 1.82) is 0 Å². The Morgan fingerprint density at radius 2 is 1.11 bits per heavy atom. The van der Waals surface area contributed by atoms with Crippen molar-refractivity contribution < 1.29 is 25.8 Å². The third-order valence-electron chi connectivity index (χ3n) is 10.5. The molecule has 0 saturated carbocycles. The second kappa shape index (κ2) is 15.5. The van der Waals surface area contributed by atoms with Crippen LogP contribution in [0.4, 0.5) is 11.4 Å². The maximum atomic E-state index is 6.91. The predicted octanol–water partition coefficient (Wildman–Crippen LogP) is 11.9. The summed E-state index contributed by atoms with van der Waals surface area (Å²) in [6.45, 7) is 2.08. The zero-order valence-corrected chi connectivity index (χ0v) is 33.0. The molecule has 2 aromatic heterocycles. The molecule has 10 rings (SSSR count). The summed E-state index contributed by atoms with van der Waals surface area (Å²) in [4.78, 5) is 8.93. The van der Waals surface area contributed by atoms with E-state index in [1.54, 1.807) is 0 Å². The molecule has 0 aliphatic carbocycles. The van der Waals surface area contributed by atoms with Gasteiger partial charge in [-0.3, -0.25) is 0 Å². The first-order valence-electron chi connectivity index (χ1n) is 18.7. The molecule has 57 heavy (non-hydrogen) atoms. The quantitative estimate of drug-likeness (QED) is 0.107. The van der Waals surface area contributed by atoms with Crippen LogP contribution in [-0.4, -0.2) is 9.55 Å². The molecule has 3 heterocycles. The summed E-state index contributed by atoms with van der Waals surface area (Å²) < 4.78 is 9.05. The number of anilines is 2. The molecule has 0 N–H and O–H groups in total. The third-order valence-corrected chi connectivity index (χ3v) is 10.5. The molecule has 0 saturated heterocycles. The van der Waals surface area contributed by atoms with Gasteiger partial charge in [0.15, 0.2) is 0 Å². The van der Waals surface area contributed by atoms with Crippen molar-refractivity contribution in [2.45, 2.75) is 5.41 Å². The number of rotatable bonds is 9. The van der Waals surface area contributed by atoms with Crippen LogP contribution in [0.5, 0.6) is 11.5 Å². The summed E-state index contributed by atoms with van der Waals surface area (Å²) in [6, 6.07) is 72.6. The zero-order valence-electron chi connectivity index (χ0n) is 30.7. The number of ether oxygens (including phenoxy) is 1. The number of fused-ring (bicyclic) bond motifs is 3. The average molecular weight is 915 g/mol. The van der Waals surface area contributed by atoms with Gasteiger partial charge >= 0.3 is 0 Å². The Morgan fingerprint density at radius 3 is 1.75 bits per heavy atom. The molecule has 0 spiro atoms. The summed E-state index contributed by atoms with van der Waals surface area (Å²) in [7, 11) is 0. The van der Waals surface area contributed by atoms with Crippen molar-refractivity contribution in [2.24, 2.45) is 0 Å². The van der Waals surface area contributed by atoms with Crippen LogP contribution in [0.25, 0.3) is 27.6 Å². The van der Waals surface area contributed by atoms with Gasteiger partial charge in [0.25, 0.3) is 0 Å². The molecule has 7 aromatic carbocycles. The molecule has 6 heteroatoms. The number of aromatic nitrogens is 2. The van der Waals surface area contributed by atoms with E-state index in [-0.39, 0.29) is 21.1 Å². The van der Waals surface area contributed by atoms with Gasteiger partial charge in [0.05, 0.1) is 0 Å².